The van der Waals surface area contributed by atoms with E-state index >= 15 is 0 Å². The first-order valence-corrected chi connectivity index (χ1v) is 6.57. The minimum absolute atomic E-state index is 0.0205. The molecule has 1 aromatic carbocycles. The van der Waals surface area contributed by atoms with E-state index < -0.39 is 0 Å². The first-order chi connectivity index (χ1) is 8.40. The van der Waals surface area contributed by atoms with Crippen molar-refractivity contribution in [2.24, 2.45) is 5.92 Å². The van der Waals surface area contributed by atoms with Crippen LogP contribution in [0.25, 0.3) is 0 Å². The normalized spacial score (nSPS) is 12.3. The van der Waals surface area contributed by atoms with Crippen molar-refractivity contribution in [2.45, 2.75) is 33.7 Å². The van der Waals surface area contributed by atoms with Crippen LogP contribution in [0.3, 0.4) is 0 Å². The molecule has 0 aliphatic carbocycles. The van der Waals surface area contributed by atoms with Crippen molar-refractivity contribution < 1.29 is 4.79 Å². The number of rotatable bonds is 5. The number of nitrogens with one attached hydrogen (secondary N) is 2. The van der Waals surface area contributed by atoms with Gasteiger partial charge in [-0.3, -0.25) is 4.79 Å². The minimum Gasteiger partial charge on any atom is -0.375 e. The van der Waals surface area contributed by atoms with Crippen LogP contribution in [0, 0.1) is 12.8 Å². The van der Waals surface area contributed by atoms with E-state index in [2.05, 4.69) is 24.5 Å². The number of carbonyl (C=O) groups excluding carboxylic acids is 1. The van der Waals surface area contributed by atoms with E-state index in [-0.39, 0.29) is 18.5 Å². The van der Waals surface area contributed by atoms with Crippen LogP contribution in [0.2, 0.25) is 5.02 Å². The fourth-order valence-corrected chi connectivity index (χ4v) is 1.71. The van der Waals surface area contributed by atoms with Gasteiger partial charge in [0.05, 0.1) is 17.3 Å². The molecule has 4 heteroatoms. The van der Waals surface area contributed by atoms with E-state index in [0.717, 1.165) is 11.3 Å². The van der Waals surface area contributed by atoms with E-state index in [4.69, 9.17) is 11.6 Å². The van der Waals surface area contributed by atoms with E-state index in [0.29, 0.717) is 10.9 Å². The molecule has 1 atom stereocenters. The van der Waals surface area contributed by atoms with Gasteiger partial charge in [-0.05, 0) is 37.5 Å². The molecule has 0 heterocycles. The highest BCUT2D eigenvalue weighted by molar-refractivity contribution is 6.33. The van der Waals surface area contributed by atoms with Gasteiger partial charge in [-0.25, -0.2) is 0 Å². The first-order valence-electron chi connectivity index (χ1n) is 6.19. The van der Waals surface area contributed by atoms with Crippen molar-refractivity contribution in [1.29, 1.82) is 0 Å². The summed E-state index contributed by atoms with van der Waals surface area (Å²) in [4.78, 5) is 11.7. The van der Waals surface area contributed by atoms with Crippen LogP contribution in [-0.2, 0) is 4.79 Å². The molecule has 0 radical (unpaired) electrons. The average molecular weight is 269 g/mol. The predicted octanol–water partition coefficient (Wildman–Crippen LogP) is 3.22. The maximum atomic E-state index is 11.7. The van der Waals surface area contributed by atoms with Crippen molar-refractivity contribution in [1.82, 2.24) is 5.32 Å². The third-order valence-electron chi connectivity index (χ3n) is 2.95. The lowest BCUT2D eigenvalue weighted by Crippen LogP contribution is -2.39. The second kappa shape index (κ2) is 6.64. The lowest BCUT2D eigenvalue weighted by Gasteiger charge is -2.18. The largest absolute Gasteiger partial charge is 0.375 e. The van der Waals surface area contributed by atoms with Crippen molar-refractivity contribution in [3.8, 4) is 0 Å². The molecule has 0 aromatic heterocycles. The molecule has 0 saturated heterocycles. The Morgan fingerprint density at radius 2 is 2.00 bits per heavy atom. The van der Waals surface area contributed by atoms with Crippen molar-refractivity contribution >= 4 is 23.2 Å². The smallest absolute Gasteiger partial charge is 0.239 e. The van der Waals surface area contributed by atoms with Gasteiger partial charge in [0.25, 0.3) is 0 Å². The van der Waals surface area contributed by atoms with Crippen molar-refractivity contribution in [3.05, 3.63) is 28.8 Å². The molecule has 0 spiro atoms. The number of hydrogen-bond acceptors (Lipinski definition) is 2. The summed E-state index contributed by atoms with van der Waals surface area (Å²) in [5, 5.41) is 6.61. The summed E-state index contributed by atoms with van der Waals surface area (Å²) >= 11 is 6.07. The summed E-state index contributed by atoms with van der Waals surface area (Å²) in [5.41, 5.74) is 1.89. The summed E-state index contributed by atoms with van der Waals surface area (Å²) in [6, 6.07) is 5.89. The van der Waals surface area contributed by atoms with Crippen molar-refractivity contribution in [2.75, 3.05) is 11.9 Å². The zero-order valence-electron chi connectivity index (χ0n) is 11.4. The summed E-state index contributed by atoms with van der Waals surface area (Å²) in [7, 11) is 0. The van der Waals surface area contributed by atoms with Gasteiger partial charge in [0.2, 0.25) is 5.91 Å². The summed E-state index contributed by atoms with van der Waals surface area (Å²) in [5.74, 6) is 0.407. The van der Waals surface area contributed by atoms with Gasteiger partial charge in [-0.15, -0.1) is 0 Å². The Morgan fingerprint density at radius 3 is 2.56 bits per heavy atom. The number of amides is 1. The quantitative estimate of drug-likeness (QED) is 0.861. The molecule has 2 N–H and O–H groups in total. The first kappa shape index (κ1) is 14.8. The molecule has 0 aliphatic heterocycles. The summed E-state index contributed by atoms with van der Waals surface area (Å²) in [6.45, 7) is 8.37. The SMILES string of the molecule is Cc1ccc(NCC(=O)NC(C)C(C)C)c(Cl)c1. The third-order valence-corrected chi connectivity index (χ3v) is 3.27. The fourth-order valence-electron chi connectivity index (χ4n) is 1.41. The Bertz CT molecular complexity index is 418. The Hall–Kier alpha value is -1.22. The number of benzene rings is 1. The fraction of sp³-hybridized carbons (Fsp3) is 0.500. The standard InChI is InChI=1S/C14H21ClN2O/c1-9(2)11(4)17-14(18)8-16-13-6-5-10(3)7-12(13)15/h5-7,9,11,16H,8H2,1-4H3,(H,17,18). The second-order valence-corrected chi connectivity index (χ2v) is 5.34. The van der Waals surface area contributed by atoms with Crippen LogP contribution in [0.15, 0.2) is 18.2 Å². The van der Waals surface area contributed by atoms with Crippen molar-refractivity contribution in [3.63, 3.8) is 0 Å². The zero-order valence-corrected chi connectivity index (χ0v) is 12.1. The van der Waals surface area contributed by atoms with Gasteiger partial charge in [0.15, 0.2) is 0 Å². The summed E-state index contributed by atoms with van der Waals surface area (Å²) in [6.07, 6.45) is 0. The molecular formula is C14H21ClN2O. The van der Waals surface area contributed by atoms with Crippen LogP contribution in [0.4, 0.5) is 5.69 Å². The van der Waals surface area contributed by atoms with Gasteiger partial charge in [0, 0.05) is 6.04 Å². The molecule has 0 aliphatic rings. The van der Waals surface area contributed by atoms with Crippen LogP contribution >= 0.6 is 11.6 Å². The highest BCUT2D eigenvalue weighted by Gasteiger charge is 2.10. The number of halogens is 1. The monoisotopic (exact) mass is 268 g/mol. The lowest BCUT2D eigenvalue weighted by atomic mass is 10.1. The number of aryl methyl sites for hydroxylation is 1. The zero-order chi connectivity index (χ0) is 13.7. The molecule has 0 bridgehead atoms. The molecule has 3 nitrogen and oxygen atoms in total. The number of carbonyl (C=O) groups is 1. The van der Waals surface area contributed by atoms with Crippen LogP contribution < -0.4 is 10.6 Å². The average Bonchev–Trinajstić information content (AvgIpc) is 2.27. The van der Waals surface area contributed by atoms with E-state index in [1.54, 1.807) is 0 Å². The minimum atomic E-state index is -0.0205. The molecule has 1 unspecified atom stereocenters. The van der Waals surface area contributed by atoms with Crippen LogP contribution in [-0.4, -0.2) is 18.5 Å². The van der Waals surface area contributed by atoms with E-state index in [9.17, 15) is 4.79 Å². The van der Waals surface area contributed by atoms with Gasteiger partial charge in [0.1, 0.15) is 0 Å². The predicted molar refractivity (Wildman–Crippen MR) is 77.1 cm³/mol. The second-order valence-electron chi connectivity index (χ2n) is 4.94. The molecule has 0 fully saturated rings. The maximum Gasteiger partial charge on any atom is 0.239 e. The highest BCUT2D eigenvalue weighted by atomic mass is 35.5. The Balaban J connectivity index is 2.47. The van der Waals surface area contributed by atoms with Crippen LogP contribution in [0.1, 0.15) is 26.3 Å². The Kier molecular flexibility index (Phi) is 5.48. The third kappa shape index (κ3) is 4.57. The van der Waals surface area contributed by atoms with Gasteiger partial charge < -0.3 is 10.6 Å². The van der Waals surface area contributed by atoms with Gasteiger partial charge >= 0.3 is 0 Å². The molecule has 1 aromatic rings. The van der Waals surface area contributed by atoms with E-state index in [1.165, 1.54) is 0 Å². The Labute approximate surface area is 114 Å². The maximum absolute atomic E-state index is 11.7. The molecular weight excluding hydrogens is 248 g/mol. The molecule has 18 heavy (non-hydrogen) atoms. The lowest BCUT2D eigenvalue weighted by molar-refractivity contribution is -0.120. The van der Waals surface area contributed by atoms with Gasteiger partial charge in [-0.2, -0.15) is 0 Å². The van der Waals surface area contributed by atoms with E-state index in [1.807, 2.05) is 32.0 Å². The molecule has 100 valence electrons. The number of hydrogen-bond donors (Lipinski definition) is 2. The highest BCUT2D eigenvalue weighted by Crippen LogP contribution is 2.22. The topological polar surface area (TPSA) is 41.1 Å². The van der Waals surface area contributed by atoms with Gasteiger partial charge in [-0.1, -0.05) is 31.5 Å². The molecule has 1 amide bonds. The molecule has 0 saturated carbocycles. The number of anilines is 1. The summed E-state index contributed by atoms with van der Waals surface area (Å²) < 4.78 is 0. The Morgan fingerprint density at radius 1 is 1.33 bits per heavy atom. The molecule has 1 rings (SSSR count). The van der Waals surface area contributed by atoms with Crippen LogP contribution in [0.5, 0.6) is 0 Å².